The van der Waals surface area contributed by atoms with Gasteiger partial charge in [-0.3, -0.25) is 0 Å². The summed E-state index contributed by atoms with van der Waals surface area (Å²) in [6.07, 6.45) is 6.34. The van der Waals surface area contributed by atoms with Crippen molar-refractivity contribution in [2.45, 2.75) is 43.9 Å². The van der Waals surface area contributed by atoms with Crippen molar-refractivity contribution in [1.29, 1.82) is 0 Å². The Kier molecular flexibility index (Phi) is 2.31. The van der Waals surface area contributed by atoms with Crippen LogP contribution in [0.2, 0.25) is 0 Å². The van der Waals surface area contributed by atoms with Gasteiger partial charge in [0.25, 0.3) is 5.92 Å². The van der Waals surface area contributed by atoms with Crippen LogP contribution in [0.25, 0.3) is 11.0 Å². The Morgan fingerprint density at radius 3 is 2.73 bits per heavy atom. The molecule has 0 amide bonds. The summed E-state index contributed by atoms with van der Waals surface area (Å²) in [7, 11) is 0. The number of hydrogen-bond acceptors (Lipinski definition) is 3. The van der Waals surface area contributed by atoms with Crippen LogP contribution in [0.15, 0.2) is 12.3 Å². The lowest BCUT2D eigenvalue weighted by molar-refractivity contribution is 0.0282. The van der Waals surface area contributed by atoms with Gasteiger partial charge in [-0.1, -0.05) is 6.42 Å². The smallest absolute Gasteiger partial charge is 0.259 e. The highest BCUT2D eigenvalue weighted by Gasteiger charge is 2.81. The molecule has 0 aromatic carbocycles. The largest absolute Gasteiger partial charge is 0.369 e. The van der Waals surface area contributed by atoms with Crippen molar-refractivity contribution in [1.82, 2.24) is 15.0 Å². The third kappa shape index (κ3) is 1.55. The molecule has 1 unspecified atom stereocenters. The van der Waals surface area contributed by atoms with Crippen LogP contribution in [-0.4, -0.2) is 27.4 Å². The summed E-state index contributed by atoms with van der Waals surface area (Å²) in [5.41, 5.74) is 0.0872. The van der Waals surface area contributed by atoms with E-state index >= 15 is 0 Å². The molecule has 3 aliphatic rings. The molecule has 1 spiro atoms. The van der Waals surface area contributed by atoms with E-state index in [0.29, 0.717) is 31.1 Å². The Morgan fingerprint density at radius 2 is 2.09 bits per heavy atom. The third-order valence-corrected chi connectivity index (χ3v) is 5.78. The number of hydrogen-bond donors (Lipinski definition) is 2. The molecule has 2 aromatic heterocycles. The highest BCUT2D eigenvalue weighted by atomic mass is 19.3. The van der Waals surface area contributed by atoms with Crippen molar-refractivity contribution in [2.24, 2.45) is 11.3 Å². The summed E-state index contributed by atoms with van der Waals surface area (Å²) in [6, 6.07) is 1.90. The summed E-state index contributed by atoms with van der Waals surface area (Å²) in [5, 5.41) is 4.07. The number of aromatic nitrogens is 3. The van der Waals surface area contributed by atoms with Crippen molar-refractivity contribution in [3.05, 3.63) is 18.1 Å². The van der Waals surface area contributed by atoms with Gasteiger partial charge in [-0.2, -0.15) is 0 Å². The van der Waals surface area contributed by atoms with E-state index in [2.05, 4.69) is 20.3 Å². The maximum absolute atomic E-state index is 14.0. The Hall–Kier alpha value is -1.72. The fourth-order valence-corrected chi connectivity index (χ4v) is 3.97. The van der Waals surface area contributed by atoms with Crippen molar-refractivity contribution in [3.8, 4) is 0 Å². The minimum atomic E-state index is -2.50. The van der Waals surface area contributed by atoms with Crippen LogP contribution < -0.4 is 5.32 Å². The minimum Gasteiger partial charge on any atom is -0.369 e. The van der Waals surface area contributed by atoms with Crippen LogP contribution in [-0.2, 0) is 0 Å². The van der Waals surface area contributed by atoms with Gasteiger partial charge in [0.1, 0.15) is 17.3 Å². The number of fused-ring (bicyclic) bond motifs is 1. The first-order chi connectivity index (χ1) is 10.6. The van der Waals surface area contributed by atoms with Crippen LogP contribution in [0.3, 0.4) is 0 Å². The van der Waals surface area contributed by atoms with E-state index in [4.69, 9.17) is 0 Å². The highest BCUT2D eigenvalue weighted by molar-refractivity contribution is 5.87. The standard InChI is InChI=1S/C16H18F2N4/c17-16(18)11(15(16)5-1-6-15)8-20-14-10-4-7-19-13(10)21-12(22-14)9-2-3-9/h4,7,9,11H,1-3,5-6,8H2,(H2,19,20,21,22). The van der Waals surface area contributed by atoms with Crippen LogP contribution in [0.1, 0.15) is 43.8 Å². The molecule has 6 heteroatoms. The molecule has 1 atom stereocenters. The molecule has 0 bridgehead atoms. The lowest BCUT2D eigenvalue weighted by atomic mass is 9.79. The maximum atomic E-state index is 14.0. The molecule has 0 saturated heterocycles. The first kappa shape index (κ1) is 12.8. The third-order valence-electron chi connectivity index (χ3n) is 5.78. The monoisotopic (exact) mass is 304 g/mol. The second-order valence-corrected chi connectivity index (χ2v) is 7.01. The molecular weight excluding hydrogens is 286 g/mol. The maximum Gasteiger partial charge on any atom is 0.259 e. The van der Waals surface area contributed by atoms with E-state index in [1.807, 2.05) is 12.3 Å². The van der Waals surface area contributed by atoms with Crippen LogP contribution in [0.5, 0.6) is 0 Å². The molecule has 2 heterocycles. The predicted molar refractivity (Wildman–Crippen MR) is 79.1 cm³/mol. The van der Waals surface area contributed by atoms with Crippen molar-refractivity contribution in [2.75, 3.05) is 11.9 Å². The number of nitrogens with zero attached hydrogens (tertiary/aromatic N) is 2. The molecule has 116 valence electrons. The van der Waals surface area contributed by atoms with Gasteiger partial charge in [0, 0.05) is 24.1 Å². The van der Waals surface area contributed by atoms with Gasteiger partial charge in [0.15, 0.2) is 0 Å². The lowest BCUT2D eigenvalue weighted by Gasteiger charge is -2.26. The van der Waals surface area contributed by atoms with Gasteiger partial charge in [-0.15, -0.1) is 0 Å². The van der Waals surface area contributed by atoms with Crippen molar-refractivity contribution < 1.29 is 8.78 Å². The summed E-state index contributed by atoms with van der Waals surface area (Å²) < 4.78 is 28.0. The number of rotatable bonds is 4. The molecule has 3 aliphatic carbocycles. The van der Waals surface area contributed by atoms with Gasteiger partial charge in [0.2, 0.25) is 0 Å². The van der Waals surface area contributed by atoms with Crippen LogP contribution in [0, 0.1) is 11.3 Å². The van der Waals surface area contributed by atoms with Gasteiger partial charge in [0.05, 0.1) is 11.3 Å². The van der Waals surface area contributed by atoms with E-state index < -0.39 is 17.3 Å². The summed E-state index contributed by atoms with van der Waals surface area (Å²) in [6.45, 7) is 0.300. The predicted octanol–water partition coefficient (Wildman–Crippen LogP) is 3.68. The number of H-pyrrole nitrogens is 1. The average molecular weight is 304 g/mol. The van der Waals surface area contributed by atoms with Crippen molar-refractivity contribution >= 4 is 16.9 Å². The quantitative estimate of drug-likeness (QED) is 0.906. The normalized spacial score (nSPS) is 27.8. The van der Waals surface area contributed by atoms with Crippen LogP contribution >= 0.6 is 0 Å². The van der Waals surface area contributed by atoms with E-state index in [9.17, 15) is 8.78 Å². The SMILES string of the molecule is FC1(F)C(CNc2nc(C3CC3)nc3[nH]ccc23)C12CCC2. The molecule has 22 heavy (non-hydrogen) atoms. The fraction of sp³-hybridized carbons (Fsp3) is 0.625. The topological polar surface area (TPSA) is 53.6 Å². The van der Waals surface area contributed by atoms with Gasteiger partial charge < -0.3 is 10.3 Å². The van der Waals surface area contributed by atoms with E-state index in [0.717, 1.165) is 36.1 Å². The number of aromatic amines is 1. The van der Waals surface area contributed by atoms with E-state index in [1.54, 1.807) is 0 Å². The average Bonchev–Trinajstić information content (AvgIpc) is 3.30. The highest BCUT2D eigenvalue weighted by Crippen LogP contribution is 2.75. The molecule has 3 fully saturated rings. The number of halogens is 2. The summed E-state index contributed by atoms with van der Waals surface area (Å²) in [5.74, 6) is -1.07. The second kappa shape index (κ2) is 3.97. The molecule has 2 aromatic rings. The molecule has 2 N–H and O–H groups in total. The van der Waals surface area contributed by atoms with Gasteiger partial charge in [-0.05, 0) is 31.7 Å². The molecule has 5 rings (SSSR count). The summed E-state index contributed by atoms with van der Waals surface area (Å²) >= 11 is 0. The number of nitrogens with one attached hydrogen (secondary N) is 2. The fourth-order valence-electron chi connectivity index (χ4n) is 3.97. The van der Waals surface area contributed by atoms with E-state index in [-0.39, 0.29) is 0 Å². The first-order valence-corrected chi connectivity index (χ1v) is 8.08. The zero-order valence-corrected chi connectivity index (χ0v) is 12.2. The molecule has 0 radical (unpaired) electrons. The van der Waals surface area contributed by atoms with Gasteiger partial charge >= 0.3 is 0 Å². The van der Waals surface area contributed by atoms with Gasteiger partial charge in [-0.25, -0.2) is 18.7 Å². The first-order valence-electron chi connectivity index (χ1n) is 8.08. The lowest BCUT2D eigenvalue weighted by Crippen LogP contribution is -2.21. The zero-order chi connectivity index (χ0) is 14.9. The molecular formula is C16H18F2N4. The second-order valence-electron chi connectivity index (χ2n) is 7.01. The molecule has 0 aliphatic heterocycles. The Bertz CT molecular complexity index is 746. The van der Waals surface area contributed by atoms with Crippen LogP contribution in [0.4, 0.5) is 14.6 Å². The van der Waals surface area contributed by atoms with E-state index in [1.165, 1.54) is 0 Å². The minimum absolute atomic E-state index is 0.300. The Morgan fingerprint density at radius 1 is 1.27 bits per heavy atom. The molecule has 3 saturated carbocycles. The molecule has 4 nitrogen and oxygen atoms in total. The number of anilines is 1. The summed E-state index contributed by atoms with van der Waals surface area (Å²) in [4.78, 5) is 12.2. The number of alkyl halides is 2. The van der Waals surface area contributed by atoms with Crippen molar-refractivity contribution in [3.63, 3.8) is 0 Å². The zero-order valence-electron chi connectivity index (χ0n) is 12.2. The Balaban J connectivity index is 1.41. The Labute approximate surface area is 126 Å².